The molecule has 0 spiro atoms. The van der Waals surface area contributed by atoms with E-state index in [1.165, 1.54) is 9.80 Å². The Morgan fingerprint density at radius 2 is 0.947 bits per heavy atom. The monoisotopic (exact) mass is 520 g/mol. The minimum absolute atomic E-state index is 0.158. The molecule has 3 heterocycles. The molecule has 4 amide bonds. The lowest BCUT2D eigenvalue weighted by Crippen LogP contribution is -2.56. The smallest absolute Gasteiger partial charge is 0.247 e. The third-order valence-electron chi connectivity index (χ3n) is 7.67. The first kappa shape index (κ1) is 25.9. The Kier molecular flexibility index (Phi) is 7.44. The largest absolute Gasteiger partial charge is 0.497 e. The van der Waals surface area contributed by atoms with Gasteiger partial charge in [-0.3, -0.25) is 38.8 Å². The summed E-state index contributed by atoms with van der Waals surface area (Å²) in [5, 5.41) is 0. The summed E-state index contributed by atoms with van der Waals surface area (Å²) in [6.45, 7) is 2.68. The lowest BCUT2D eigenvalue weighted by Gasteiger charge is -2.38. The maximum Gasteiger partial charge on any atom is 0.247 e. The fraction of sp³-hybridized carbons (Fsp3) is 0.429. The van der Waals surface area contributed by atoms with Gasteiger partial charge in [0.2, 0.25) is 23.6 Å². The van der Waals surface area contributed by atoms with E-state index >= 15 is 0 Å². The van der Waals surface area contributed by atoms with Crippen LogP contribution in [-0.2, 0) is 32.3 Å². The molecule has 3 saturated heterocycles. The van der Waals surface area contributed by atoms with Gasteiger partial charge in [-0.2, -0.15) is 0 Å². The number of nitrogens with zero attached hydrogens (tertiary/aromatic N) is 4. The molecule has 0 aromatic heterocycles. The molecule has 0 aliphatic carbocycles. The van der Waals surface area contributed by atoms with E-state index in [9.17, 15) is 19.2 Å². The fourth-order valence-electron chi connectivity index (χ4n) is 5.42. The molecule has 2 aromatic rings. The van der Waals surface area contributed by atoms with Gasteiger partial charge in [0.15, 0.2) is 0 Å². The van der Waals surface area contributed by atoms with Crippen LogP contribution in [0.5, 0.6) is 11.5 Å². The van der Waals surface area contributed by atoms with Gasteiger partial charge in [-0.05, 0) is 35.4 Å². The average molecular weight is 521 g/mol. The second-order valence-corrected chi connectivity index (χ2v) is 9.84. The molecule has 10 heteroatoms. The number of benzene rings is 2. The van der Waals surface area contributed by atoms with Gasteiger partial charge in [0, 0.05) is 26.2 Å². The van der Waals surface area contributed by atoms with Crippen molar-refractivity contribution in [3.8, 4) is 11.5 Å². The molecule has 2 aromatic carbocycles. The van der Waals surface area contributed by atoms with Crippen LogP contribution in [0, 0.1) is 0 Å². The maximum absolute atomic E-state index is 13.1. The number of carbonyl (C=O) groups is 4. The number of imide groups is 2. The van der Waals surface area contributed by atoms with E-state index in [-0.39, 0.29) is 49.6 Å². The summed E-state index contributed by atoms with van der Waals surface area (Å²) in [5.74, 6) is 0.715. The number of carbonyl (C=O) groups excluding carboxylic acids is 4. The minimum Gasteiger partial charge on any atom is -0.497 e. The standard InChI is InChI=1S/C28H32N4O6/c1-37-21-7-3-19(4-8-21)17-31-25(33)15-23(27(31)35)29-11-13-30(14-12-29)24-16-26(34)32(28(24)36)18-20-5-9-22(38-2)10-6-20/h3-10,23-24H,11-18H2,1-2H3/t23-,24-/m0/s1. The van der Waals surface area contributed by atoms with Crippen LogP contribution in [-0.4, -0.2) is 95.7 Å². The van der Waals surface area contributed by atoms with Gasteiger partial charge < -0.3 is 9.47 Å². The molecule has 0 radical (unpaired) electrons. The van der Waals surface area contributed by atoms with Gasteiger partial charge in [-0.25, -0.2) is 0 Å². The predicted molar refractivity (Wildman–Crippen MR) is 137 cm³/mol. The number of hydrogen-bond acceptors (Lipinski definition) is 8. The van der Waals surface area contributed by atoms with Crippen LogP contribution < -0.4 is 9.47 Å². The zero-order valence-electron chi connectivity index (χ0n) is 21.7. The fourth-order valence-corrected chi connectivity index (χ4v) is 5.42. The molecule has 0 unspecified atom stereocenters. The third-order valence-corrected chi connectivity index (χ3v) is 7.67. The van der Waals surface area contributed by atoms with Gasteiger partial charge in [-0.15, -0.1) is 0 Å². The van der Waals surface area contributed by atoms with E-state index in [2.05, 4.69) is 0 Å². The second kappa shape index (κ2) is 10.9. The van der Waals surface area contributed by atoms with Crippen molar-refractivity contribution < 1.29 is 28.7 Å². The lowest BCUT2D eigenvalue weighted by atomic mass is 10.1. The Bertz CT molecular complexity index is 1110. The van der Waals surface area contributed by atoms with E-state index in [0.29, 0.717) is 26.2 Å². The van der Waals surface area contributed by atoms with Crippen LogP contribution in [0.25, 0.3) is 0 Å². The summed E-state index contributed by atoms with van der Waals surface area (Å²) in [6.07, 6.45) is 0.316. The highest BCUT2D eigenvalue weighted by Gasteiger charge is 2.46. The topological polar surface area (TPSA) is 99.7 Å². The number of piperazine rings is 1. The lowest BCUT2D eigenvalue weighted by molar-refractivity contribution is -0.143. The molecule has 3 fully saturated rings. The maximum atomic E-state index is 13.1. The minimum atomic E-state index is -0.490. The molecule has 0 bridgehead atoms. The average Bonchev–Trinajstić information content (AvgIpc) is 3.39. The molecule has 5 rings (SSSR count). The first-order valence-corrected chi connectivity index (χ1v) is 12.8. The van der Waals surface area contributed by atoms with E-state index in [1.807, 2.05) is 58.3 Å². The summed E-state index contributed by atoms with van der Waals surface area (Å²) in [7, 11) is 3.18. The second-order valence-electron chi connectivity index (χ2n) is 9.84. The summed E-state index contributed by atoms with van der Waals surface area (Å²) < 4.78 is 10.3. The Hall–Kier alpha value is -3.76. The molecule has 3 aliphatic rings. The van der Waals surface area contributed by atoms with Crippen molar-refractivity contribution in [2.24, 2.45) is 0 Å². The van der Waals surface area contributed by atoms with Crippen molar-refractivity contribution in [2.45, 2.75) is 38.0 Å². The Balaban J connectivity index is 1.15. The van der Waals surface area contributed by atoms with Crippen molar-refractivity contribution in [1.82, 2.24) is 19.6 Å². The zero-order valence-corrected chi connectivity index (χ0v) is 21.7. The number of rotatable bonds is 8. The molecular weight excluding hydrogens is 488 g/mol. The van der Waals surface area contributed by atoms with E-state index in [0.717, 1.165) is 22.6 Å². The van der Waals surface area contributed by atoms with Crippen molar-refractivity contribution in [3.05, 3.63) is 59.7 Å². The van der Waals surface area contributed by atoms with Crippen LogP contribution in [0.4, 0.5) is 0 Å². The molecule has 3 aliphatic heterocycles. The summed E-state index contributed by atoms with van der Waals surface area (Å²) in [6, 6.07) is 13.7. The molecule has 0 saturated carbocycles. The van der Waals surface area contributed by atoms with Crippen molar-refractivity contribution >= 4 is 23.6 Å². The summed E-state index contributed by atoms with van der Waals surface area (Å²) in [4.78, 5) is 58.4. The summed E-state index contributed by atoms with van der Waals surface area (Å²) >= 11 is 0. The number of likely N-dealkylation sites (tertiary alicyclic amines) is 2. The molecule has 200 valence electrons. The molecule has 2 atom stereocenters. The van der Waals surface area contributed by atoms with Crippen molar-refractivity contribution in [1.29, 1.82) is 0 Å². The van der Waals surface area contributed by atoms with Gasteiger partial charge in [0.1, 0.15) is 11.5 Å². The molecular formula is C28H32N4O6. The molecule has 38 heavy (non-hydrogen) atoms. The highest BCUT2D eigenvalue weighted by molar-refractivity contribution is 6.06. The Labute approximate surface area is 221 Å². The van der Waals surface area contributed by atoms with E-state index in [4.69, 9.17) is 9.47 Å². The molecule has 10 nitrogen and oxygen atoms in total. The van der Waals surface area contributed by atoms with Crippen LogP contribution in [0.15, 0.2) is 48.5 Å². The van der Waals surface area contributed by atoms with Crippen LogP contribution in [0.3, 0.4) is 0 Å². The van der Waals surface area contributed by atoms with Gasteiger partial charge >= 0.3 is 0 Å². The van der Waals surface area contributed by atoms with Gasteiger partial charge in [0.25, 0.3) is 0 Å². The van der Waals surface area contributed by atoms with Gasteiger partial charge in [0.05, 0.1) is 52.2 Å². The number of ether oxygens (including phenoxy) is 2. The van der Waals surface area contributed by atoms with Crippen LogP contribution in [0.1, 0.15) is 24.0 Å². The number of hydrogen-bond donors (Lipinski definition) is 0. The summed E-state index contributed by atoms with van der Waals surface area (Å²) in [5.41, 5.74) is 1.73. The third kappa shape index (κ3) is 5.14. The molecule has 0 N–H and O–H groups in total. The highest BCUT2D eigenvalue weighted by Crippen LogP contribution is 2.26. The van der Waals surface area contributed by atoms with Crippen molar-refractivity contribution in [3.63, 3.8) is 0 Å². The Morgan fingerprint density at radius 3 is 1.26 bits per heavy atom. The highest BCUT2D eigenvalue weighted by atomic mass is 16.5. The quantitative estimate of drug-likeness (QED) is 0.480. The zero-order chi connectivity index (χ0) is 26.8. The first-order chi connectivity index (χ1) is 18.4. The predicted octanol–water partition coefficient (Wildman–Crippen LogP) is 1.28. The number of amides is 4. The van der Waals surface area contributed by atoms with Crippen LogP contribution in [0.2, 0.25) is 0 Å². The normalized spacial score (nSPS) is 23.0. The van der Waals surface area contributed by atoms with E-state index < -0.39 is 12.1 Å². The SMILES string of the molecule is COc1ccc(CN2C(=O)C[C@H](N3CCN([C@H]4CC(=O)N(Cc5ccc(OC)cc5)C4=O)CC3)C2=O)cc1. The number of methoxy groups -OCH3 is 2. The van der Waals surface area contributed by atoms with Crippen LogP contribution >= 0.6 is 0 Å². The van der Waals surface area contributed by atoms with E-state index in [1.54, 1.807) is 14.2 Å². The Morgan fingerprint density at radius 1 is 0.605 bits per heavy atom. The van der Waals surface area contributed by atoms with Crippen molar-refractivity contribution in [2.75, 3.05) is 40.4 Å². The van der Waals surface area contributed by atoms with Gasteiger partial charge in [-0.1, -0.05) is 24.3 Å². The first-order valence-electron chi connectivity index (χ1n) is 12.8.